The Balaban J connectivity index is 2.12. The maximum absolute atomic E-state index is 12.5. The number of hydrogen-bond donors (Lipinski definition) is 1. The van der Waals surface area contributed by atoms with Crippen LogP contribution < -0.4 is 5.73 Å². The number of nitrogens with zero attached hydrogens (tertiary/aromatic N) is 1. The van der Waals surface area contributed by atoms with Gasteiger partial charge in [-0.25, -0.2) is 0 Å². The predicted octanol–water partition coefficient (Wildman–Crippen LogP) is 2.49. The molecule has 0 bridgehead atoms. The fraction of sp³-hybridized carbons (Fsp3) is 0.500. The third kappa shape index (κ3) is 3.03. The van der Waals surface area contributed by atoms with Gasteiger partial charge in [0.2, 0.25) is 0 Å². The molecule has 2 unspecified atom stereocenters. The smallest absolute Gasteiger partial charge is 0.254 e. The summed E-state index contributed by atoms with van der Waals surface area (Å²) in [5.74, 6) is 0.578. The molecule has 2 N–H and O–H groups in total. The summed E-state index contributed by atoms with van der Waals surface area (Å²) in [5, 5.41) is 0. The second-order valence-electron chi connectivity index (χ2n) is 4.99. The summed E-state index contributed by atoms with van der Waals surface area (Å²) < 4.78 is 1.02. The number of amides is 1. The van der Waals surface area contributed by atoms with Gasteiger partial charge in [0.05, 0.1) is 5.56 Å². The van der Waals surface area contributed by atoms with Crippen LogP contribution in [0.2, 0.25) is 0 Å². The summed E-state index contributed by atoms with van der Waals surface area (Å²) in [4.78, 5) is 14.4. The number of likely N-dealkylation sites (tertiary alicyclic amines) is 1. The molecule has 2 atom stereocenters. The predicted molar refractivity (Wildman–Crippen MR) is 81.4 cm³/mol. The average Bonchev–Trinajstić information content (AvgIpc) is 2.38. The normalized spacial score (nSPS) is 21.7. The van der Waals surface area contributed by atoms with E-state index >= 15 is 0 Å². The molecule has 1 amide bonds. The van der Waals surface area contributed by atoms with Crippen LogP contribution in [-0.4, -0.2) is 29.9 Å². The molecule has 1 heterocycles. The highest BCUT2D eigenvalue weighted by molar-refractivity contribution is 14.1. The molecule has 1 aromatic rings. The van der Waals surface area contributed by atoms with E-state index in [9.17, 15) is 4.79 Å². The van der Waals surface area contributed by atoms with E-state index in [-0.39, 0.29) is 11.9 Å². The second-order valence-corrected chi connectivity index (χ2v) is 6.15. The first-order chi connectivity index (χ1) is 8.59. The van der Waals surface area contributed by atoms with Crippen LogP contribution in [0.3, 0.4) is 0 Å². The van der Waals surface area contributed by atoms with E-state index in [0.29, 0.717) is 5.92 Å². The molecule has 1 aliphatic rings. The quantitative estimate of drug-likeness (QED) is 0.826. The van der Waals surface area contributed by atoms with E-state index in [4.69, 9.17) is 5.73 Å². The first-order valence-corrected chi connectivity index (χ1v) is 7.47. The maximum atomic E-state index is 12.5. The van der Waals surface area contributed by atoms with Crippen LogP contribution in [-0.2, 0) is 0 Å². The van der Waals surface area contributed by atoms with E-state index < -0.39 is 0 Å². The van der Waals surface area contributed by atoms with E-state index in [1.54, 1.807) is 0 Å². The standard InChI is InChI=1S/C14H19IN2O/c1-10(16)11-5-4-8-17(9-11)14(18)12-6-2-3-7-13(12)15/h2-3,6-7,10-11H,4-5,8-9,16H2,1H3. The highest BCUT2D eigenvalue weighted by atomic mass is 127. The van der Waals surface area contributed by atoms with Crippen LogP contribution >= 0.6 is 22.6 Å². The fourth-order valence-electron chi connectivity index (χ4n) is 2.43. The highest BCUT2D eigenvalue weighted by Crippen LogP contribution is 2.22. The summed E-state index contributed by atoms with van der Waals surface area (Å²) in [6, 6.07) is 7.91. The minimum atomic E-state index is 0.144. The van der Waals surface area contributed by atoms with E-state index in [1.165, 1.54) is 0 Å². The summed E-state index contributed by atoms with van der Waals surface area (Å²) >= 11 is 2.22. The number of carbonyl (C=O) groups is 1. The minimum absolute atomic E-state index is 0.144. The van der Waals surface area contributed by atoms with Gasteiger partial charge in [-0.05, 0) is 60.4 Å². The van der Waals surface area contributed by atoms with E-state index in [1.807, 2.05) is 36.1 Å². The lowest BCUT2D eigenvalue weighted by Crippen LogP contribution is -2.45. The van der Waals surface area contributed by atoms with Crippen molar-refractivity contribution in [1.29, 1.82) is 0 Å². The zero-order valence-corrected chi connectivity index (χ0v) is 12.8. The number of nitrogens with two attached hydrogens (primary N) is 1. The van der Waals surface area contributed by atoms with Gasteiger partial charge >= 0.3 is 0 Å². The van der Waals surface area contributed by atoms with Gasteiger partial charge in [0.1, 0.15) is 0 Å². The largest absolute Gasteiger partial charge is 0.338 e. The van der Waals surface area contributed by atoms with Gasteiger partial charge in [-0.2, -0.15) is 0 Å². The zero-order chi connectivity index (χ0) is 13.1. The molecule has 0 aromatic heterocycles. The number of rotatable bonds is 2. The monoisotopic (exact) mass is 358 g/mol. The van der Waals surface area contributed by atoms with Gasteiger partial charge in [0.15, 0.2) is 0 Å². The van der Waals surface area contributed by atoms with Crippen LogP contribution in [0, 0.1) is 9.49 Å². The minimum Gasteiger partial charge on any atom is -0.338 e. The van der Waals surface area contributed by atoms with E-state index in [2.05, 4.69) is 22.6 Å². The van der Waals surface area contributed by atoms with Crippen LogP contribution in [0.15, 0.2) is 24.3 Å². The summed E-state index contributed by atoms with van der Waals surface area (Å²) in [6.07, 6.45) is 2.19. The second kappa shape index (κ2) is 6.02. The lowest BCUT2D eigenvalue weighted by molar-refractivity contribution is 0.0660. The Morgan fingerprint density at radius 3 is 2.89 bits per heavy atom. The van der Waals surface area contributed by atoms with Gasteiger partial charge in [-0.15, -0.1) is 0 Å². The summed E-state index contributed by atoms with van der Waals surface area (Å²) in [6.45, 7) is 3.68. The molecule has 1 fully saturated rings. The molecular weight excluding hydrogens is 339 g/mol. The Kier molecular flexibility index (Phi) is 4.61. The Labute approximate surface area is 122 Å². The molecule has 98 valence electrons. The molecular formula is C14H19IN2O. The number of benzene rings is 1. The third-order valence-corrected chi connectivity index (χ3v) is 4.53. The van der Waals surface area contributed by atoms with Gasteiger partial charge in [0.25, 0.3) is 5.91 Å². The van der Waals surface area contributed by atoms with Crippen molar-refractivity contribution in [2.45, 2.75) is 25.8 Å². The molecule has 4 heteroatoms. The van der Waals surface area contributed by atoms with Crippen molar-refractivity contribution in [3.8, 4) is 0 Å². The van der Waals surface area contributed by atoms with Crippen molar-refractivity contribution in [3.63, 3.8) is 0 Å². The lowest BCUT2D eigenvalue weighted by Gasteiger charge is -2.34. The number of hydrogen-bond acceptors (Lipinski definition) is 2. The first kappa shape index (κ1) is 13.8. The molecule has 2 rings (SSSR count). The van der Waals surface area contributed by atoms with Gasteiger partial charge < -0.3 is 10.6 Å². The van der Waals surface area contributed by atoms with Crippen LogP contribution in [0.1, 0.15) is 30.1 Å². The van der Waals surface area contributed by atoms with Crippen LogP contribution in [0.5, 0.6) is 0 Å². The number of halogens is 1. The van der Waals surface area contributed by atoms with Crippen molar-refractivity contribution >= 4 is 28.5 Å². The molecule has 1 aliphatic heterocycles. The van der Waals surface area contributed by atoms with Crippen molar-refractivity contribution in [2.75, 3.05) is 13.1 Å². The Morgan fingerprint density at radius 2 is 2.22 bits per heavy atom. The summed E-state index contributed by atoms with van der Waals surface area (Å²) in [7, 11) is 0. The molecule has 0 aliphatic carbocycles. The fourth-order valence-corrected chi connectivity index (χ4v) is 3.05. The van der Waals surface area contributed by atoms with Gasteiger partial charge in [-0.1, -0.05) is 12.1 Å². The topological polar surface area (TPSA) is 46.3 Å². The number of piperidine rings is 1. The van der Waals surface area contributed by atoms with Crippen molar-refractivity contribution in [2.24, 2.45) is 11.7 Å². The lowest BCUT2D eigenvalue weighted by atomic mass is 9.92. The number of carbonyl (C=O) groups excluding carboxylic acids is 1. The molecule has 1 saturated heterocycles. The van der Waals surface area contributed by atoms with Crippen LogP contribution in [0.25, 0.3) is 0 Å². The van der Waals surface area contributed by atoms with Gasteiger partial charge in [0, 0.05) is 22.7 Å². The van der Waals surface area contributed by atoms with E-state index in [0.717, 1.165) is 35.1 Å². The van der Waals surface area contributed by atoms with Crippen molar-refractivity contribution < 1.29 is 4.79 Å². The Hall–Kier alpha value is -0.620. The SMILES string of the molecule is CC(N)C1CCCN(C(=O)c2ccccc2I)C1. The maximum Gasteiger partial charge on any atom is 0.254 e. The Bertz CT molecular complexity index is 434. The molecule has 1 aromatic carbocycles. The Morgan fingerprint density at radius 1 is 1.50 bits per heavy atom. The molecule has 0 radical (unpaired) electrons. The highest BCUT2D eigenvalue weighted by Gasteiger charge is 2.27. The van der Waals surface area contributed by atoms with Crippen molar-refractivity contribution in [1.82, 2.24) is 4.90 Å². The average molecular weight is 358 g/mol. The first-order valence-electron chi connectivity index (χ1n) is 6.39. The molecule has 3 nitrogen and oxygen atoms in total. The molecule has 18 heavy (non-hydrogen) atoms. The van der Waals surface area contributed by atoms with Gasteiger partial charge in [-0.3, -0.25) is 4.79 Å². The summed E-state index contributed by atoms with van der Waals surface area (Å²) in [5.41, 5.74) is 6.77. The van der Waals surface area contributed by atoms with Crippen LogP contribution in [0.4, 0.5) is 0 Å². The third-order valence-electron chi connectivity index (χ3n) is 3.59. The molecule has 0 spiro atoms. The molecule has 0 saturated carbocycles. The zero-order valence-electron chi connectivity index (χ0n) is 10.6. The van der Waals surface area contributed by atoms with Crippen molar-refractivity contribution in [3.05, 3.63) is 33.4 Å².